The van der Waals surface area contributed by atoms with Crippen LogP contribution in [0.1, 0.15) is 30.5 Å². The number of hydrogen-bond donors (Lipinski definition) is 3. The van der Waals surface area contributed by atoms with Crippen LogP contribution >= 0.6 is 0 Å². The Hall–Kier alpha value is -4.24. The smallest absolute Gasteiger partial charge is 0.407 e. The second-order valence-corrected chi connectivity index (χ2v) is 6.14. The van der Waals surface area contributed by atoms with Crippen LogP contribution in [0.3, 0.4) is 0 Å². The van der Waals surface area contributed by atoms with Crippen molar-refractivity contribution in [1.29, 1.82) is 10.5 Å². The quantitative estimate of drug-likeness (QED) is 0.595. The number of ether oxygens (including phenoxy) is 2. The molecule has 154 valence electrons. The Morgan fingerprint density at radius 3 is 2.50 bits per heavy atom. The molecule has 3 N–H and O–H groups in total. The minimum atomic E-state index is -0.622. The van der Waals surface area contributed by atoms with Crippen LogP contribution in [0.4, 0.5) is 21.0 Å². The van der Waals surface area contributed by atoms with E-state index in [-0.39, 0.29) is 19.1 Å². The molecule has 2 rings (SSSR count). The minimum absolute atomic E-state index is 0.0248. The molecule has 0 bridgehead atoms. The molecule has 0 spiro atoms. The molecular weight excluding hydrogens is 386 g/mol. The fraction of sp³-hybridized carbons (Fsp3) is 0.238. The molecule has 0 saturated heterocycles. The highest BCUT2D eigenvalue weighted by Crippen LogP contribution is 2.23. The van der Waals surface area contributed by atoms with E-state index in [4.69, 9.17) is 20.0 Å². The van der Waals surface area contributed by atoms with Gasteiger partial charge in [-0.3, -0.25) is 0 Å². The van der Waals surface area contributed by atoms with Crippen LogP contribution in [0.5, 0.6) is 5.75 Å². The number of nitrogens with one attached hydrogen (secondary N) is 3. The van der Waals surface area contributed by atoms with Gasteiger partial charge in [0.1, 0.15) is 18.4 Å². The number of rotatable bonds is 7. The molecule has 30 heavy (non-hydrogen) atoms. The molecule has 0 aromatic heterocycles. The summed E-state index contributed by atoms with van der Waals surface area (Å²) in [6.07, 6.45) is -0.495. The van der Waals surface area contributed by atoms with Gasteiger partial charge in [0.25, 0.3) is 0 Å². The van der Waals surface area contributed by atoms with E-state index >= 15 is 0 Å². The third kappa shape index (κ3) is 6.43. The van der Waals surface area contributed by atoms with Crippen molar-refractivity contribution in [1.82, 2.24) is 5.32 Å². The molecule has 3 amide bonds. The molecule has 0 unspecified atom stereocenters. The number of methoxy groups -OCH3 is 1. The third-order valence-electron chi connectivity index (χ3n) is 4.01. The predicted molar refractivity (Wildman–Crippen MR) is 110 cm³/mol. The van der Waals surface area contributed by atoms with Crippen LogP contribution in [-0.2, 0) is 4.74 Å². The summed E-state index contributed by atoms with van der Waals surface area (Å²) in [5.41, 5.74) is 2.11. The third-order valence-corrected chi connectivity index (χ3v) is 4.01. The van der Waals surface area contributed by atoms with Crippen molar-refractivity contribution in [2.24, 2.45) is 0 Å². The van der Waals surface area contributed by atoms with E-state index in [0.29, 0.717) is 22.7 Å². The first kappa shape index (κ1) is 22.1. The molecule has 0 aliphatic rings. The number of benzene rings is 2. The van der Waals surface area contributed by atoms with Gasteiger partial charge in [-0.25, -0.2) is 9.59 Å². The molecule has 1 atom stereocenters. The molecule has 2 aromatic carbocycles. The van der Waals surface area contributed by atoms with Crippen LogP contribution in [0.2, 0.25) is 0 Å². The van der Waals surface area contributed by atoms with Crippen LogP contribution < -0.4 is 20.7 Å². The van der Waals surface area contributed by atoms with E-state index in [2.05, 4.69) is 16.0 Å². The van der Waals surface area contributed by atoms with E-state index in [1.165, 1.54) is 7.11 Å². The summed E-state index contributed by atoms with van der Waals surface area (Å²) in [7, 11) is 1.44. The number of nitriles is 2. The van der Waals surface area contributed by atoms with Gasteiger partial charge < -0.3 is 25.4 Å². The molecule has 0 heterocycles. The monoisotopic (exact) mass is 407 g/mol. The first-order valence-corrected chi connectivity index (χ1v) is 9.03. The van der Waals surface area contributed by atoms with Crippen molar-refractivity contribution in [3.63, 3.8) is 0 Å². The van der Waals surface area contributed by atoms with Crippen molar-refractivity contribution >= 4 is 23.5 Å². The Morgan fingerprint density at radius 2 is 1.83 bits per heavy atom. The number of carbonyl (C=O) groups is 2. The lowest BCUT2D eigenvalue weighted by Crippen LogP contribution is -2.27. The van der Waals surface area contributed by atoms with Crippen molar-refractivity contribution < 1.29 is 19.1 Å². The molecule has 0 aliphatic carbocycles. The zero-order chi connectivity index (χ0) is 21.9. The van der Waals surface area contributed by atoms with Gasteiger partial charge in [0.2, 0.25) is 0 Å². The zero-order valence-corrected chi connectivity index (χ0v) is 16.6. The van der Waals surface area contributed by atoms with E-state index in [9.17, 15) is 9.59 Å². The number of urea groups is 1. The van der Waals surface area contributed by atoms with Crippen molar-refractivity contribution in [2.75, 3.05) is 24.4 Å². The van der Waals surface area contributed by atoms with Crippen molar-refractivity contribution in [2.45, 2.75) is 19.4 Å². The van der Waals surface area contributed by atoms with Gasteiger partial charge in [-0.05, 0) is 36.8 Å². The highest BCUT2D eigenvalue weighted by Gasteiger charge is 2.12. The van der Waals surface area contributed by atoms with Crippen molar-refractivity contribution in [3.8, 4) is 17.9 Å². The molecular formula is C21H21N5O4. The summed E-state index contributed by atoms with van der Waals surface area (Å²) in [5, 5.41) is 25.5. The first-order valence-electron chi connectivity index (χ1n) is 9.03. The fourth-order valence-electron chi connectivity index (χ4n) is 2.53. The number of anilines is 2. The minimum Gasteiger partial charge on any atom is -0.495 e. The standard InChI is InChI=1S/C21H21N5O4/c1-14(24-21(28)30-10-4-9-22)15-5-3-6-17(11-15)25-20(27)26-18-8-7-16(13-23)19(12-18)29-2/h3,5-8,11-12,14H,4,10H2,1-2H3,(H,24,28)(H2,25,26,27)/t14-/m1/s1. The summed E-state index contributed by atoms with van der Waals surface area (Å²) in [6, 6.07) is 14.7. The normalized spacial score (nSPS) is 10.7. The first-order chi connectivity index (χ1) is 14.5. The van der Waals surface area contributed by atoms with Gasteiger partial charge >= 0.3 is 12.1 Å². The number of nitrogens with zero attached hydrogens (tertiary/aromatic N) is 2. The summed E-state index contributed by atoms with van der Waals surface area (Å²) in [6.45, 7) is 1.80. The van der Waals surface area contributed by atoms with Gasteiger partial charge in [0.05, 0.1) is 31.2 Å². The Labute approximate surface area is 174 Å². The molecule has 9 nitrogen and oxygen atoms in total. The number of amides is 3. The number of hydrogen-bond acceptors (Lipinski definition) is 6. The Balaban J connectivity index is 1.97. The van der Waals surface area contributed by atoms with E-state index in [1.807, 2.05) is 12.1 Å². The van der Waals surface area contributed by atoms with Gasteiger partial charge in [-0.1, -0.05) is 12.1 Å². The highest BCUT2D eigenvalue weighted by molar-refractivity contribution is 6.00. The van der Waals surface area contributed by atoms with Crippen LogP contribution in [0, 0.1) is 22.7 Å². The summed E-state index contributed by atoms with van der Waals surface area (Å²) >= 11 is 0. The lowest BCUT2D eigenvalue weighted by Gasteiger charge is -2.15. The molecule has 0 saturated carbocycles. The molecule has 2 aromatic rings. The maximum absolute atomic E-state index is 12.3. The average Bonchev–Trinajstić information content (AvgIpc) is 2.73. The van der Waals surface area contributed by atoms with Crippen LogP contribution in [0.15, 0.2) is 42.5 Å². The Bertz CT molecular complexity index is 994. The summed E-state index contributed by atoms with van der Waals surface area (Å²) in [5.74, 6) is 0.360. The van der Waals surface area contributed by atoms with Crippen molar-refractivity contribution in [3.05, 3.63) is 53.6 Å². The zero-order valence-electron chi connectivity index (χ0n) is 16.6. The predicted octanol–water partition coefficient (Wildman–Crippen LogP) is 3.91. The topological polar surface area (TPSA) is 136 Å². The fourth-order valence-corrected chi connectivity index (χ4v) is 2.53. The average molecular weight is 407 g/mol. The van der Waals surface area contributed by atoms with Crippen LogP contribution in [0.25, 0.3) is 0 Å². The van der Waals surface area contributed by atoms with Gasteiger partial charge in [-0.15, -0.1) is 0 Å². The second kappa shape index (κ2) is 10.9. The number of carbonyl (C=O) groups excluding carboxylic acids is 2. The van der Waals surface area contributed by atoms with E-state index < -0.39 is 12.1 Å². The highest BCUT2D eigenvalue weighted by atomic mass is 16.5. The van der Waals surface area contributed by atoms with Gasteiger partial charge in [0, 0.05) is 17.4 Å². The Morgan fingerprint density at radius 1 is 1.10 bits per heavy atom. The largest absolute Gasteiger partial charge is 0.495 e. The Kier molecular flexibility index (Phi) is 8.04. The second-order valence-electron chi connectivity index (χ2n) is 6.14. The lowest BCUT2D eigenvalue weighted by atomic mass is 10.1. The van der Waals surface area contributed by atoms with Gasteiger partial charge in [0.15, 0.2) is 0 Å². The maximum atomic E-state index is 12.3. The SMILES string of the molecule is COc1cc(NC(=O)Nc2cccc([C@@H](C)NC(=O)OCCC#N)c2)ccc1C#N. The van der Waals surface area contributed by atoms with Gasteiger partial charge in [-0.2, -0.15) is 10.5 Å². The molecule has 0 fully saturated rings. The number of alkyl carbamates (subject to hydrolysis) is 1. The molecule has 9 heteroatoms. The van der Waals surface area contributed by atoms with E-state index in [1.54, 1.807) is 49.4 Å². The lowest BCUT2D eigenvalue weighted by molar-refractivity contribution is 0.145. The van der Waals surface area contributed by atoms with E-state index in [0.717, 1.165) is 5.56 Å². The maximum Gasteiger partial charge on any atom is 0.407 e. The summed E-state index contributed by atoms with van der Waals surface area (Å²) in [4.78, 5) is 24.0. The molecule has 0 aliphatic heterocycles. The molecule has 0 radical (unpaired) electrons. The van der Waals surface area contributed by atoms with Crippen LogP contribution in [-0.4, -0.2) is 25.8 Å². The summed E-state index contributed by atoms with van der Waals surface area (Å²) < 4.78 is 10.0.